The molecule has 0 unspecified atom stereocenters. The van der Waals surface area contributed by atoms with Gasteiger partial charge < -0.3 is 19.1 Å². The largest absolute Gasteiger partial charge is 0.378 e. The first-order valence-electron chi connectivity index (χ1n) is 10.1. The maximum Gasteiger partial charge on any atom is 0.259 e. The van der Waals surface area contributed by atoms with Crippen LogP contribution in [0.25, 0.3) is 11.3 Å². The molecule has 0 bridgehead atoms. The van der Waals surface area contributed by atoms with Crippen LogP contribution in [-0.4, -0.2) is 59.1 Å². The van der Waals surface area contributed by atoms with Crippen LogP contribution in [0, 0.1) is 13.8 Å². The third kappa shape index (κ3) is 3.70. The van der Waals surface area contributed by atoms with Gasteiger partial charge in [-0.1, -0.05) is 35.5 Å². The van der Waals surface area contributed by atoms with E-state index < -0.39 is 0 Å². The van der Waals surface area contributed by atoms with Crippen LogP contribution in [0.1, 0.15) is 27.4 Å². The van der Waals surface area contributed by atoms with E-state index in [1.54, 1.807) is 18.9 Å². The van der Waals surface area contributed by atoms with Gasteiger partial charge in [0.05, 0.1) is 24.5 Å². The van der Waals surface area contributed by atoms with Gasteiger partial charge >= 0.3 is 0 Å². The minimum Gasteiger partial charge on any atom is -0.378 e. The lowest BCUT2D eigenvalue weighted by Crippen LogP contribution is -2.37. The van der Waals surface area contributed by atoms with E-state index >= 15 is 0 Å². The Balaban J connectivity index is 1.72. The van der Waals surface area contributed by atoms with Gasteiger partial charge in [-0.15, -0.1) is 0 Å². The molecular weight excluding hydrogens is 382 g/mol. The molecule has 0 atom stereocenters. The summed E-state index contributed by atoms with van der Waals surface area (Å²) in [6.45, 7) is 7.07. The van der Waals surface area contributed by atoms with Crippen LogP contribution in [0.5, 0.6) is 0 Å². The Bertz CT molecular complexity index is 1030. The standard InChI is InChI=1S/C22H27N5O3/c1-15-18(21(26(4)23-15)27-10-12-29-13-11-27)20-19(16(2)30-24-20)22(28)25(3)14-17-8-6-5-7-9-17/h5-9H,10-14H2,1-4H3. The highest BCUT2D eigenvalue weighted by atomic mass is 16.5. The zero-order valence-electron chi connectivity index (χ0n) is 17.9. The quantitative estimate of drug-likeness (QED) is 0.645. The van der Waals surface area contributed by atoms with E-state index in [4.69, 9.17) is 9.26 Å². The number of ether oxygens (including phenoxy) is 1. The average Bonchev–Trinajstić information content (AvgIpc) is 3.26. The summed E-state index contributed by atoms with van der Waals surface area (Å²) in [6, 6.07) is 9.92. The van der Waals surface area contributed by atoms with Crippen molar-refractivity contribution in [1.29, 1.82) is 0 Å². The van der Waals surface area contributed by atoms with E-state index in [1.807, 2.05) is 49.0 Å². The van der Waals surface area contributed by atoms with Crippen molar-refractivity contribution in [2.45, 2.75) is 20.4 Å². The third-order valence-electron chi connectivity index (χ3n) is 5.43. The fourth-order valence-corrected chi connectivity index (χ4v) is 3.98. The molecule has 30 heavy (non-hydrogen) atoms. The fraction of sp³-hybridized carbons (Fsp3) is 0.409. The molecule has 1 aromatic carbocycles. The Morgan fingerprint density at radius 2 is 1.87 bits per heavy atom. The van der Waals surface area contributed by atoms with Gasteiger partial charge in [0.1, 0.15) is 22.8 Å². The molecule has 4 rings (SSSR count). The molecule has 8 heteroatoms. The van der Waals surface area contributed by atoms with Crippen LogP contribution in [-0.2, 0) is 18.3 Å². The molecular formula is C22H27N5O3. The molecule has 8 nitrogen and oxygen atoms in total. The lowest BCUT2D eigenvalue weighted by Gasteiger charge is -2.29. The van der Waals surface area contributed by atoms with E-state index in [0.29, 0.717) is 36.8 Å². The maximum atomic E-state index is 13.4. The predicted molar refractivity (Wildman–Crippen MR) is 113 cm³/mol. The van der Waals surface area contributed by atoms with Crippen molar-refractivity contribution >= 4 is 11.7 Å². The van der Waals surface area contributed by atoms with Crippen molar-refractivity contribution in [2.75, 3.05) is 38.3 Å². The van der Waals surface area contributed by atoms with Gasteiger partial charge in [-0.25, -0.2) is 0 Å². The summed E-state index contributed by atoms with van der Waals surface area (Å²) in [7, 11) is 3.71. The second kappa shape index (κ2) is 8.31. The number of hydrogen-bond donors (Lipinski definition) is 0. The molecule has 2 aromatic heterocycles. The van der Waals surface area contributed by atoms with Gasteiger partial charge in [0.25, 0.3) is 5.91 Å². The van der Waals surface area contributed by atoms with Crippen LogP contribution >= 0.6 is 0 Å². The molecule has 1 amide bonds. The van der Waals surface area contributed by atoms with Gasteiger partial charge in [-0.2, -0.15) is 5.10 Å². The summed E-state index contributed by atoms with van der Waals surface area (Å²) in [4.78, 5) is 17.3. The number of anilines is 1. The van der Waals surface area contributed by atoms with Crippen molar-refractivity contribution in [3.63, 3.8) is 0 Å². The molecule has 0 N–H and O–H groups in total. The summed E-state index contributed by atoms with van der Waals surface area (Å²) >= 11 is 0. The van der Waals surface area contributed by atoms with Gasteiger partial charge in [0, 0.05) is 33.7 Å². The number of nitrogens with zero attached hydrogens (tertiary/aromatic N) is 5. The molecule has 1 fully saturated rings. The highest BCUT2D eigenvalue weighted by Crippen LogP contribution is 2.36. The van der Waals surface area contributed by atoms with Crippen LogP contribution in [0.3, 0.4) is 0 Å². The summed E-state index contributed by atoms with van der Waals surface area (Å²) < 4.78 is 12.9. The maximum absolute atomic E-state index is 13.4. The van der Waals surface area contributed by atoms with E-state index in [1.165, 1.54) is 0 Å². The van der Waals surface area contributed by atoms with Crippen molar-refractivity contribution in [2.24, 2.45) is 7.05 Å². The molecule has 3 aromatic rings. The number of carbonyl (C=O) groups is 1. The SMILES string of the molecule is Cc1nn(C)c(N2CCOCC2)c1-c1noc(C)c1C(=O)N(C)Cc1ccccc1. The zero-order valence-corrected chi connectivity index (χ0v) is 17.9. The third-order valence-corrected chi connectivity index (χ3v) is 5.43. The highest BCUT2D eigenvalue weighted by Gasteiger charge is 2.31. The predicted octanol–water partition coefficient (Wildman–Crippen LogP) is 2.80. The van der Waals surface area contributed by atoms with E-state index in [0.717, 1.165) is 35.7 Å². The Morgan fingerprint density at radius 3 is 2.57 bits per heavy atom. The fourth-order valence-electron chi connectivity index (χ4n) is 3.98. The number of hydrogen-bond acceptors (Lipinski definition) is 6. The topological polar surface area (TPSA) is 76.6 Å². The molecule has 158 valence electrons. The van der Waals surface area contributed by atoms with Crippen molar-refractivity contribution < 1.29 is 14.1 Å². The first kappa shape index (κ1) is 20.2. The second-order valence-corrected chi connectivity index (χ2v) is 7.62. The molecule has 0 aliphatic carbocycles. The number of aromatic nitrogens is 3. The van der Waals surface area contributed by atoms with Crippen molar-refractivity contribution in [3.8, 4) is 11.3 Å². The lowest BCUT2D eigenvalue weighted by atomic mass is 10.0. The number of rotatable bonds is 5. The van der Waals surface area contributed by atoms with Crippen LogP contribution in [0.15, 0.2) is 34.9 Å². The van der Waals surface area contributed by atoms with Gasteiger partial charge in [0.2, 0.25) is 0 Å². The monoisotopic (exact) mass is 409 g/mol. The second-order valence-electron chi connectivity index (χ2n) is 7.62. The molecule has 0 spiro atoms. The highest BCUT2D eigenvalue weighted by molar-refractivity contribution is 6.02. The zero-order chi connectivity index (χ0) is 21.3. The van der Waals surface area contributed by atoms with E-state index in [-0.39, 0.29) is 5.91 Å². The average molecular weight is 409 g/mol. The Labute approximate surface area is 176 Å². The molecule has 1 aliphatic heterocycles. The number of amides is 1. The summed E-state index contributed by atoms with van der Waals surface area (Å²) in [5.41, 5.74) is 3.75. The minimum atomic E-state index is -0.121. The van der Waals surface area contributed by atoms with E-state index in [9.17, 15) is 4.79 Å². The Kier molecular flexibility index (Phi) is 5.59. The molecule has 0 radical (unpaired) electrons. The minimum absolute atomic E-state index is 0.121. The van der Waals surface area contributed by atoms with Gasteiger partial charge in [-0.05, 0) is 19.4 Å². The smallest absolute Gasteiger partial charge is 0.259 e. The molecule has 1 saturated heterocycles. The summed E-state index contributed by atoms with van der Waals surface area (Å²) in [6.07, 6.45) is 0. The van der Waals surface area contributed by atoms with E-state index in [2.05, 4.69) is 15.2 Å². The summed E-state index contributed by atoms with van der Waals surface area (Å²) in [5, 5.41) is 8.90. The van der Waals surface area contributed by atoms with Crippen molar-refractivity contribution in [3.05, 3.63) is 52.9 Å². The number of carbonyl (C=O) groups excluding carboxylic acids is 1. The van der Waals surface area contributed by atoms with Crippen LogP contribution in [0.4, 0.5) is 5.82 Å². The summed E-state index contributed by atoms with van der Waals surface area (Å²) in [5.74, 6) is 1.32. The Morgan fingerprint density at radius 1 is 1.17 bits per heavy atom. The number of benzene rings is 1. The van der Waals surface area contributed by atoms with Gasteiger partial charge in [-0.3, -0.25) is 9.48 Å². The Hall–Kier alpha value is -3.13. The lowest BCUT2D eigenvalue weighted by molar-refractivity contribution is 0.0784. The number of aryl methyl sites for hydroxylation is 3. The first-order chi connectivity index (χ1) is 14.5. The van der Waals surface area contributed by atoms with Crippen LogP contribution in [0.2, 0.25) is 0 Å². The molecule has 3 heterocycles. The first-order valence-corrected chi connectivity index (χ1v) is 10.1. The van der Waals surface area contributed by atoms with Crippen molar-refractivity contribution in [1.82, 2.24) is 19.8 Å². The van der Waals surface area contributed by atoms with Gasteiger partial charge in [0.15, 0.2) is 0 Å². The number of morpholine rings is 1. The molecule has 0 saturated carbocycles. The van der Waals surface area contributed by atoms with Crippen LogP contribution < -0.4 is 4.90 Å². The normalized spacial score (nSPS) is 14.2. The molecule has 1 aliphatic rings.